The molecule has 1 N–H and O–H groups in total. The van der Waals surface area contributed by atoms with Gasteiger partial charge in [-0.15, -0.1) is 0 Å². The van der Waals surface area contributed by atoms with E-state index in [1.54, 1.807) is 31.3 Å². The number of anilines is 1. The van der Waals surface area contributed by atoms with Crippen molar-refractivity contribution in [3.05, 3.63) is 63.6 Å². The Hall–Kier alpha value is -2.82. The minimum Gasteiger partial charge on any atom is -0.408 e. The van der Waals surface area contributed by atoms with E-state index < -0.39 is 5.76 Å². The van der Waals surface area contributed by atoms with Crippen LogP contribution < -0.4 is 11.1 Å². The highest BCUT2D eigenvalue weighted by molar-refractivity contribution is 6.05. The first kappa shape index (κ1) is 14.1. The normalized spacial score (nSPS) is 10.9. The lowest BCUT2D eigenvalue weighted by Gasteiger charge is -2.09. The molecule has 1 heterocycles. The van der Waals surface area contributed by atoms with Gasteiger partial charge in [0.15, 0.2) is 5.58 Å². The van der Waals surface area contributed by atoms with Crippen LogP contribution in [0.1, 0.15) is 21.5 Å². The summed E-state index contributed by atoms with van der Waals surface area (Å²) >= 11 is 0. The SMILES string of the molecule is Cc1ccc(C(=O)Nc2cc3c(cc2C)oc(=O)n3C)cc1. The number of aromatic nitrogens is 1. The average molecular weight is 296 g/mol. The molecule has 1 amide bonds. The van der Waals surface area contributed by atoms with E-state index in [1.807, 2.05) is 26.0 Å². The van der Waals surface area contributed by atoms with Crippen molar-refractivity contribution in [3.63, 3.8) is 0 Å². The molecular weight excluding hydrogens is 280 g/mol. The molecule has 0 unspecified atom stereocenters. The lowest BCUT2D eigenvalue weighted by Crippen LogP contribution is -2.13. The van der Waals surface area contributed by atoms with Gasteiger partial charge < -0.3 is 9.73 Å². The third kappa shape index (κ3) is 2.41. The predicted octanol–water partition coefficient (Wildman–Crippen LogP) is 3.00. The molecule has 22 heavy (non-hydrogen) atoms. The number of nitrogens with one attached hydrogen (secondary N) is 1. The fourth-order valence-electron chi connectivity index (χ4n) is 2.31. The molecule has 0 saturated heterocycles. The Morgan fingerprint density at radius 2 is 1.82 bits per heavy atom. The number of amides is 1. The number of aryl methyl sites for hydroxylation is 3. The molecule has 0 bridgehead atoms. The molecular formula is C17H16N2O3. The Balaban J connectivity index is 1.97. The first-order valence-corrected chi connectivity index (χ1v) is 6.94. The third-order valence-corrected chi connectivity index (χ3v) is 3.70. The lowest BCUT2D eigenvalue weighted by molar-refractivity contribution is 0.102. The predicted molar refractivity (Wildman–Crippen MR) is 85.3 cm³/mol. The van der Waals surface area contributed by atoms with Crippen molar-refractivity contribution in [3.8, 4) is 0 Å². The zero-order valence-electron chi connectivity index (χ0n) is 12.6. The number of benzene rings is 2. The fourth-order valence-corrected chi connectivity index (χ4v) is 2.31. The topological polar surface area (TPSA) is 64.2 Å². The van der Waals surface area contributed by atoms with Crippen molar-refractivity contribution in [2.24, 2.45) is 7.05 Å². The lowest BCUT2D eigenvalue weighted by atomic mass is 10.1. The number of hydrogen-bond donors (Lipinski definition) is 1. The monoisotopic (exact) mass is 296 g/mol. The molecule has 2 aromatic carbocycles. The Morgan fingerprint density at radius 3 is 2.50 bits per heavy atom. The summed E-state index contributed by atoms with van der Waals surface area (Å²) in [5.74, 6) is -0.604. The fraction of sp³-hybridized carbons (Fsp3) is 0.176. The molecule has 0 aliphatic rings. The van der Waals surface area contributed by atoms with Gasteiger partial charge >= 0.3 is 5.76 Å². The standard InChI is InChI=1S/C17H16N2O3/c1-10-4-6-12(7-5-10)16(20)18-13-9-14-15(8-11(13)2)22-17(21)19(14)3/h4-9H,1-3H3,(H,18,20). The van der Waals surface area contributed by atoms with E-state index >= 15 is 0 Å². The zero-order chi connectivity index (χ0) is 15.9. The molecule has 5 heteroatoms. The third-order valence-electron chi connectivity index (χ3n) is 3.70. The molecule has 0 fully saturated rings. The van der Waals surface area contributed by atoms with E-state index in [9.17, 15) is 9.59 Å². The van der Waals surface area contributed by atoms with Gasteiger partial charge in [-0.2, -0.15) is 0 Å². The average Bonchev–Trinajstić information content (AvgIpc) is 2.75. The highest BCUT2D eigenvalue weighted by atomic mass is 16.4. The van der Waals surface area contributed by atoms with E-state index in [0.29, 0.717) is 22.4 Å². The van der Waals surface area contributed by atoms with Gasteiger partial charge in [0.1, 0.15) is 0 Å². The largest absolute Gasteiger partial charge is 0.419 e. The van der Waals surface area contributed by atoms with Crippen LogP contribution in [0.4, 0.5) is 5.69 Å². The maximum atomic E-state index is 12.3. The van der Waals surface area contributed by atoms with E-state index in [4.69, 9.17) is 4.42 Å². The van der Waals surface area contributed by atoms with Crippen molar-refractivity contribution in [2.45, 2.75) is 13.8 Å². The van der Waals surface area contributed by atoms with Crippen LogP contribution in [0, 0.1) is 13.8 Å². The summed E-state index contributed by atoms with van der Waals surface area (Å²) in [6.07, 6.45) is 0. The maximum Gasteiger partial charge on any atom is 0.419 e. The summed E-state index contributed by atoms with van der Waals surface area (Å²) in [6, 6.07) is 10.9. The summed E-state index contributed by atoms with van der Waals surface area (Å²) in [6.45, 7) is 3.83. The quantitative estimate of drug-likeness (QED) is 0.790. The van der Waals surface area contributed by atoms with Gasteiger partial charge in [0.05, 0.1) is 5.52 Å². The number of rotatable bonds is 2. The second-order valence-electron chi connectivity index (χ2n) is 5.38. The number of fused-ring (bicyclic) bond motifs is 1. The molecule has 1 aromatic heterocycles. The van der Waals surface area contributed by atoms with Crippen LogP contribution in [0.15, 0.2) is 45.6 Å². The maximum absolute atomic E-state index is 12.3. The van der Waals surface area contributed by atoms with Gasteiger partial charge in [-0.05, 0) is 43.7 Å². The van der Waals surface area contributed by atoms with Crippen LogP contribution in [0.2, 0.25) is 0 Å². The second kappa shape index (κ2) is 5.18. The molecule has 0 atom stereocenters. The molecule has 5 nitrogen and oxygen atoms in total. The highest BCUT2D eigenvalue weighted by Crippen LogP contribution is 2.23. The number of carbonyl (C=O) groups excluding carboxylic acids is 1. The highest BCUT2D eigenvalue weighted by Gasteiger charge is 2.12. The first-order chi connectivity index (χ1) is 10.5. The van der Waals surface area contributed by atoms with Gasteiger partial charge in [-0.25, -0.2) is 4.79 Å². The molecule has 3 rings (SSSR count). The second-order valence-corrected chi connectivity index (χ2v) is 5.38. The minimum absolute atomic E-state index is 0.184. The molecule has 0 saturated carbocycles. The van der Waals surface area contributed by atoms with E-state index in [1.165, 1.54) is 4.57 Å². The van der Waals surface area contributed by atoms with Crippen molar-refractivity contribution < 1.29 is 9.21 Å². The molecule has 112 valence electrons. The smallest absolute Gasteiger partial charge is 0.408 e. The Kier molecular flexibility index (Phi) is 3.33. The number of nitrogens with zero attached hydrogens (tertiary/aromatic N) is 1. The van der Waals surface area contributed by atoms with Crippen molar-refractivity contribution in [2.75, 3.05) is 5.32 Å². The van der Waals surface area contributed by atoms with E-state index in [-0.39, 0.29) is 5.91 Å². The number of carbonyl (C=O) groups is 1. The zero-order valence-corrected chi connectivity index (χ0v) is 12.6. The number of hydrogen-bond acceptors (Lipinski definition) is 3. The van der Waals surface area contributed by atoms with Crippen molar-refractivity contribution >= 4 is 22.7 Å². The van der Waals surface area contributed by atoms with E-state index in [0.717, 1.165) is 11.1 Å². The molecule has 3 aromatic rings. The van der Waals surface area contributed by atoms with Crippen LogP contribution in [0.25, 0.3) is 11.1 Å². The number of oxazole rings is 1. The molecule has 0 aliphatic heterocycles. The molecule has 0 aliphatic carbocycles. The Morgan fingerprint density at radius 1 is 1.14 bits per heavy atom. The van der Waals surface area contributed by atoms with Gasteiger partial charge in [0.25, 0.3) is 5.91 Å². The Labute approximate surface area is 127 Å². The van der Waals surface area contributed by atoms with Crippen LogP contribution in [-0.2, 0) is 7.05 Å². The summed E-state index contributed by atoms with van der Waals surface area (Å²) < 4.78 is 6.54. The van der Waals surface area contributed by atoms with Crippen LogP contribution >= 0.6 is 0 Å². The van der Waals surface area contributed by atoms with Crippen molar-refractivity contribution in [1.29, 1.82) is 0 Å². The first-order valence-electron chi connectivity index (χ1n) is 6.94. The van der Waals surface area contributed by atoms with Crippen LogP contribution in [0.3, 0.4) is 0 Å². The van der Waals surface area contributed by atoms with Crippen LogP contribution in [0.5, 0.6) is 0 Å². The minimum atomic E-state index is -0.420. The summed E-state index contributed by atoms with van der Waals surface area (Å²) in [4.78, 5) is 23.8. The molecule has 0 radical (unpaired) electrons. The Bertz CT molecular complexity index is 917. The van der Waals surface area contributed by atoms with Gasteiger partial charge in [-0.1, -0.05) is 17.7 Å². The van der Waals surface area contributed by atoms with E-state index in [2.05, 4.69) is 5.32 Å². The summed E-state index contributed by atoms with van der Waals surface area (Å²) in [7, 11) is 1.63. The van der Waals surface area contributed by atoms with Gasteiger partial charge in [-0.3, -0.25) is 9.36 Å². The molecule has 0 spiro atoms. The summed E-state index contributed by atoms with van der Waals surface area (Å²) in [5, 5.41) is 2.88. The summed E-state index contributed by atoms with van der Waals surface area (Å²) in [5.41, 5.74) is 4.35. The van der Waals surface area contributed by atoms with Crippen molar-refractivity contribution in [1.82, 2.24) is 4.57 Å². The van der Waals surface area contributed by atoms with Gasteiger partial charge in [0, 0.05) is 18.3 Å². The van der Waals surface area contributed by atoms with Gasteiger partial charge in [0.2, 0.25) is 0 Å². The van der Waals surface area contributed by atoms with Crippen LogP contribution in [-0.4, -0.2) is 10.5 Å².